The number of hydrogen-bond acceptors (Lipinski definition) is 5. The van der Waals surface area contributed by atoms with Crippen molar-refractivity contribution in [3.63, 3.8) is 0 Å². The molecule has 0 bridgehead atoms. The zero-order valence-corrected chi connectivity index (χ0v) is 14.6. The van der Waals surface area contributed by atoms with Crippen LogP contribution in [0.4, 0.5) is 5.69 Å². The van der Waals surface area contributed by atoms with Crippen LogP contribution in [0, 0.1) is 0 Å². The Hall–Kier alpha value is -2.79. The lowest BCUT2D eigenvalue weighted by Gasteiger charge is -2.09. The number of rotatable bonds is 8. The van der Waals surface area contributed by atoms with E-state index in [0.29, 0.717) is 18.0 Å². The number of carbonyl (C=O) groups is 1. The summed E-state index contributed by atoms with van der Waals surface area (Å²) in [6.45, 7) is 2.32. The van der Waals surface area contributed by atoms with Gasteiger partial charge in [0.05, 0.1) is 12.3 Å². The van der Waals surface area contributed by atoms with Crippen LogP contribution in [0.5, 0.6) is 5.75 Å². The number of benzene rings is 2. The third kappa shape index (κ3) is 6.31. The van der Waals surface area contributed by atoms with Crippen LogP contribution >= 0.6 is 11.6 Å². The number of hydrogen-bond donors (Lipinski definition) is 1. The molecule has 0 unspecified atom stereocenters. The number of hydrazone groups is 1. The summed E-state index contributed by atoms with van der Waals surface area (Å²) >= 11 is 5.77. The van der Waals surface area contributed by atoms with Crippen LogP contribution in [0.2, 0.25) is 0 Å². The molecule has 25 heavy (non-hydrogen) atoms. The highest BCUT2D eigenvalue weighted by Crippen LogP contribution is 2.23. The summed E-state index contributed by atoms with van der Waals surface area (Å²) in [5.74, 6) is -0.0850. The number of carbonyl (C=O) groups excluding carboxylic acids is 1. The van der Waals surface area contributed by atoms with Crippen LogP contribution < -0.4 is 10.2 Å². The first-order chi connectivity index (χ1) is 12.2. The fraction of sp³-hybridized carbons (Fsp3) is 0.158. The minimum absolute atomic E-state index is 0.234. The van der Waals surface area contributed by atoms with Gasteiger partial charge in [0, 0.05) is 0 Å². The average Bonchev–Trinajstić information content (AvgIpc) is 2.65. The zero-order valence-electron chi connectivity index (χ0n) is 13.8. The highest BCUT2D eigenvalue weighted by atomic mass is 35.5. The maximum absolute atomic E-state index is 11.4. The molecule has 0 aromatic heterocycles. The van der Waals surface area contributed by atoms with Crippen molar-refractivity contribution in [1.82, 2.24) is 0 Å². The van der Waals surface area contributed by atoms with E-state index in [1.807, 2.05) is 54.6 Å². The molecule has 6 heteroatoms. The lowest BCUT2D eigenvalue weighted by Crippen LogP contribution is -2.13. The van der Waals surface area contributed by atoms with E-state index in [1.54, 1.807) is 19.1 Å². The topological polar surface area (TPSA) is 59.9 Å². The van der Waals surface area contributed by atoms with Crippen LogP contribution in [-0.4, -0.2) is 24.4 Å². The number of nitrogens with one attached hydrogen (secondary N) is 1. The first-order valence-corrected chi connectivity index (χ1v) is 8.18. The van der Waals surface area contributed by atoms with Gasteiger partial charge in [-0.05, 0) is 30.7 Å². The predicted molar refractivity (Wildman–Crippen MR) is 101 cm³/mol. The SMILES string of the molecule is CCOC(=O)/C(Cl)=N\Nc1ccccc1OC/C=C\c1ccccc1. The molecule has 2 rings (SSSR count). The molecule has 0 aliphatic rings. The molecule has 1 N–H and O–H groups in total. The Morgan fingerprint density at radius 2 is 1.88 bits per heavy atom. The first kappa shape index (κ1) is 18.5. The third-order valence-electron chi connectivity index (χ3n) is 3.05. The standard InChI is InChI=1S/C19H19ClN2O3/c1-2-24-19(23)18(20)22-21-16-12-6-7-13-17(16)25-14-8-11-15-9-4-3-5-10-15/h3-13,21H,2,14H2,1H3/b11-8-,22-18+. The van der Waals surface area contributed by atoms with Crippen molar-refractivity contribution in [2.75, 3.05) is 18.6 Å². The van der Waals surface area contributed by atoms with Crippen molar-refractivity contribution < 1.29 is 14.3 Å². The van der Waals surface area contributed by atoms with Crippen LogP contribution in [0.15, 0.2) is 65.8 Å². The zero-order chi connectivity index (χ0) is 17.9. The van der Waals surface area contributed by atoms with Gasteiger partial charge in [0.2, 0.25) is 5.17 Å². The molecule has 0 saturated heterocycles. The second-order valence-electron chi connectivity index (χ2n) is 4.86. The van der Waals surface area contributed by atoms with Crippen LogP contribution in [0.25, 0.3) is 6.08 Å². The second kappa shape index (κ2) is 10.2. The summed E-state index contributed by atoms with van der Waals surface area (Å²) in [5.41, 5.74) is 4.41. The van der Waals surface area contributed by atoms with Gasteiger partial charge in [-0.2, -0.15) is 5.10 Å². The largest absolute Gasteiger partial charge is 0.487 e. The van der Waals surface area contributed by atoms with Crippen molar-refractivity contribution in [3.05, 3.63) is 66.2 Å². The molecule has 0 amide bonds. The molecule has 0 aliphatic carbocycles. The van der Waals surface area contributed by atoms with E-state index in [2.05, 4.69) is 10.5 Å². The van der Waals surface area contributed by atoms with Crippen molar-refractivity contribution in [2.45, 2.75) is 6.92 Å². The van der Waals surface area contributed by atoms with Crippen LogP contribution in [0.1, 0.15) is 12.5 Å². The molecule has 0 heterocycles. The Morgan fingerprint density at radius 3 is 2.64 bits per heavy atom. The van der Waals surface area contributed by atoms with E-state index >= 15 is 0 Å². The van der Waals surface area contributed by atoms with Gasteiger partial charge in [0.1, 0.15) is 12.4 Å². The molecular weight excluding hydrogens is 340 g/mol. The second-order valence-corrected chi connectivity index (χ2v) is 5.21. The average molecular weight is 359 g/mol. The summed E-state index contributed by atoms with van der Waals surface area (Å²) in [5, 5.41) is 3.53. The van der Waals surface area contributed by atoms with E-state index in [4.69, 9.17) is 21.1 Å². The number of halogens is 1. The van der Waals surface area contributed by atoms with Gasteiger partial charge in [-0.15, -0.1) is 0 Å². The summed E-state index contributed by atoms with van der Waals surface area (Å²) in [6.07, 6.45) is 3.90. The van der Waals surface area contributed by atoms with Crippen molar-refractivity contribution in [2.24, 2.45) is 5.10 Å². The Morgan fingerprint density at radius 1 is 1.16 bits per heavy atom. The summed E-state index contributed by atoms with van der Waals surface area (Å²) in [6, 6.07) is 17.2. The monoisotopic (exact) mass is 358 g/mol. The maximum Gasteiger partial charge on any atom is 0.370 e. The lowest BCUT2D eigenvalue weighted by atomic mass is 10.2. The normalized spacial score (nSPS) is 11.4. The van der Waals surface area contributed by atoms with Crippen LogP contribution in [-0.2, 0) is 9.53 Å². The van der Waals surface area contributed by atoms with E-state index < -0.39 is 5.97 Å². The van der Waals surface area contributed by atoms with Crippen molar-refractivity contribution in [1.29, 1.82) is 0 Å². The first-order valence-electron chi connectivity index (χ1n) is 7.80. The van der Waals surface area contributed by atoms with Crippen molar-refractivity contribution >= 4 is 34.5 Å². The fourth-order valence-electron chi connectivity index (χ4n) is 1.92. The van der Waals surface area contributed by atoms with Gasteiger partial charge in [-0.25, -0.2) is 4.79 Å². The number of para-hydroxylation sites is 2. The van der Waals surface area contributed by atoms with Gasteiger partial charge in [0.25, 0.3) is 0 Å². The van der Waals surface area contributed by atoms with E-state index in [1.165, 1.54) is 0 Å². The highest BCUT2D eigenvalue weighted by molar-refractivity contribution is 6.82. The summed E-state index contributed by atoms with van der Waals surface area (Å²) in [4.78, 5) is 11.4. The van der Waals surface area contributed by atoms with Gasteiger partial charge in [-0.1, -0.05) is 60.1 Å². The van der Waals surface area contributed by atoms with Gasteiger partial charge in [-0.3, -0.25) is 5.43 Å². The minimum atomic E-state index is -0.680. The number of ether oxygens (including phenoxy) is 2. The third-order valence-corrected chi connectivity index (χ3v) is 3.29. The molecule has 0 spiro atoms. The van der Waals surface area contributed by atoms with Crippen molar-refractivity contribution in [3.8, 4) is 5.75 Å². The summed E-state index contributed by atoms with van der Waals surface area (Å²) < 4.78 is 10.5. The van der Waals surface area contributed by atoms with Gasteiger partial charge >= 0.3 is 5.97 Å². The van der Waals surface area contributed by atoms with E-state index in [9.17, 15) is 4.79 Å². The van der Waals surface area contributed by atoms with Crippen LogP contribution in [0.3, 0.4) is 0 Å². The molecule has 0 radical (unpaired) electrons. The predicted octanol–water partition coefficient (Wildman–Crippen LogP) is 4.31. The Labute approximate surface area is 151 Å². The molecule has 2 aromatic rings. The lowest BCUT2D eigenvalue weighted by molar-refractivity contribution is -0.134. The number of nitrogens with zero attached hydrogens (tertiary/aromatic N) is 1. The summed E-state index contributed by atoms with van der Waals surface area (Å²) in [7, 11) is 0. The Balaban J connectivity index is 1.95. The highest BCUT2D eigenvalue weighted by Gasteiger charge is 2.09. The number of esters is 1. The van der Waals surface area contributed by atoms with E-state index in [0.717, 1.165) is 5.56 Å². The van der Waals surface area contributed by atoms with Gasteiger partial charge < -0.3 is 9.47 Å². The quantitative estimate of drug-likeness (QED) is 0.434. The van der Waals surface area contributed by atoms with Gasteiger partial charge in [0.15, 0.2) is 0 Å². The molecule has 0 atom stereocenters. The Bertz CT molecular complexity index is 745. The minimum Gasteiger partial charge on any atom is -0.487 e. The molecule has 0 saturated carbocycles. The van der Waals surface area contributed by atoms with E-state index in [-0.39, 0.29) is 11.8 Å². The molecule has 0 fully saturated rings. The maximum atomic E-state index is 11.4. The Kier molecular flexibility index (Phi) is 7.53. The smallest absolute Gasteiger partial charge is 0.370 e. The molecule has 0 aliphatic heterocycles. The fourth-order valence-corrected chi connectivity index (χ4v) is 2.01. The molecular formula is C19H19ClN2O3. The number of anilines is 1. The molecule has 5 nitrogen and oxygen atoms in total. The molecule has 2 aromatic carbocycles. The molecule has 130 valence electrons.